The third-order valence-corrected chi connectivity index (χ3v) is 3.15. The molecule has 2 aromatic rings. The van der Waals surface area contributed by atoms with Crippen molar-refractivity contribution < 1.29 is 4.79 Å². The van der Waals surface area contributed by atoms with E-state index >= 15 is 0 Å². The Morgan fingerprint density at radius 1 is 1.06 bits per heavy atom. The molecule has 0 bridgehead atoms. The van der Waals surface area contributed by atoms with Gasteiger partial charge in [-0.3, -0.25) is 4.79 Å². The number of hydrogen-bond acceptors (Lipinski definition) is 1. The molecule has 0 saturated heterocycles. The molecule has 0 saturated carbocycles. The molecule has 0 heterocycles. The van der Waals surface area contributed by atoms with Gasteiger partial charge in [0.15, 0.2) is 5.78 Å². The maximum absolute atomic E-state index is 12.3. The number of ketones is 1. The third kappa shape index (κ3) is 2.10. The Hall–Kier alpha value is -1.63. The van der Waals surface area contributed by atoms with Gasteiger partial charge >= 0.3 is 0 Å². The zero-order valence-electron chi connectivity index (χ0n) is 10.9. The van der Waals surface area contributed by atoms with Gasteiger partial charge in [0, 0.05) is 11.5 Å². The summed E-state index contributed by atoms with van der Waals surface area (Å²) in [7, 11) is 0. The van der Waals surface area contributed by atoms with Crippen LogP contribution in [0.1, 0.15) is 35.3 Å². The van der Waals surface area contributed by atoms with Crippen LogP contribution in [0.2, 0.25) is 0 Å². The summed E-state index contributed by atoms with van der Waals surface area (Å²) in [4.78, 5) is 12.3. The molecule has 1 heteroatoms. The third-order valence-electron chi connectivity index (χ3n) is 3.15. The Morgan fingerprint density at radius 2 is 1.76 bits per heavy atom. The molecule has 0 N–H and O–H groups in total. The van der Waals surface area contributed by atoms with Gasteiger partial charge in [-0.05, 0) is 30.2 Å². The zero-order chi connectivity index (χ0) is 12.6. The topological polar surface area (TPSA) is 17.1 Å². The van der Waals surface area contributed by atoms with E-state index in [1.807, 2.05) is 26.8 Å². The summed E-state index contributed by atoms with van der Waals surface area (Å²) >= 11 is 0. The molecule has 0 atom stereocenters. The van der Waals surface area contributed by atoms with Gasteiger partial charge in [-0.1, -0.05) is 49.7 Å². The van der Waals surface area contributed by atoms with E-state index in [4.69, 9.17) is 0 Å². The maximum atomic E-state index is 12.3. The second-order valence-electron chi connectivity index (χ2n) is 5.00. The predicted molar refractivity (Wildman–Crippen MR) is 72.6 cm³/mol. The van der Waals surface area contributed by atoms with Gasteiger partial charge < -0.3 is 0 Å². The lowest BCUT2D eigenvalue weighted by molar-refractivity contribution is 0.0940. The molecular weight excluding hydrogens is 208 g/mol. The van der Waals surface area contributed by atoms with E-state index in [-0.39, 0.29) is 11.7 Å². The smallest absolute Gasteiger partial charge is 0.166 e. The molecule has 0 aliphatic rings. The van der Waals surface area contributed by atoms with Crippen LogP contribution in [0.25, 0.3) is 10.8 Å². The first-order valence-electron chi connectivity index (χ1n) is 6.05. The molecular formula is C16H18O. The van der Waals surface area contributed by atoms with E-state index in [1.54, 1.807) is 0 Å². The van der Waals surface area contributed by atoms with Crippen LogP contribution in [-0.4, -0.2) is 5.78 Å². The SMILES string of the molecule is Cc1ccc2c(C(=O)C(C)C)c(C)ccc2c1. The van der Waals surface area contributed by atoms with Crippen LogP contribution in [0.5, 0.6) is 0 Å². The van der Waals surface area contributed by atoms with Crippen molar-refractivity contribution in [1.82, 2.24) is 0 Å². The lowest BCUT2D eigenvalue weighted by Gasteiger charge is -2.12. The summed E-state index contributed by atoms with van der Waals surface area (Å²) in [6.45, 7) is 7.99. The van der Waals surface area contributed by atoms with Gasteiger partial charge in [-0.15, -0.1) is 0 Å². The second-order valence-corrected chi connectivity index (χ2v) is 5.00. The minimum Gasteiger partial charge on any atom is -0.294 e. The number of fused-ring (bicyclic) bond motifs is 1. The standard InChI is InChI=1S/C16H18O/c1-10(2)16(17)15-12(4)6-7-13-9-11(3)5-8-14(13)15/h5-10H,1-4H3. The van der Waals surface area contributed by atoms with Crippen molar-refractivity contribution >= 4 is 16.6 Å². The molecule has 88 valence electrons. The number of carbonyl (C=O) groups is 1. The highest BCUT2D eigenvalue weighted by Crippen LogP contribution is 2.25. The molecule has 0 amide bonds. The van der Waals surface area contributed by atoms with Crippen LogP contribution in [0.4, 0.5) is 0 Å². The first-order valence-corrected chi connectivity index (χ1v) is 6.05. The molecule has 0 aliphatic carbocycles. The highest BCUT2D eigenvalue weighted by atomic mass is 16.1. The summed E-state index contributed by atoms with van der Waals surface area (Å²) in [6, 6.07) is 10.4. The Labute approximate surface area is 102 Å². The summed E-state index contributed by atoms with van der Waals surface area (Å²) < 4.78 is 0. The lowest BCUT2D eigenvalue weighted by Crippen LogP contribution is -2.10. The number of rotatable bonds is 2. The van der Waals surface area contributed by atoms with Crippen molar-refractivity contribution in [1.29, 1.82) is 0 Å². The monoisotopic (exact) mass is 226 g/mol. The minimum absolute atomic E-state index is 0.0422. The van der Waals surface area contributed by atoms with Crippen molar-refractivity contribution in [2.75, 3.05) is 0 Å². The van der Waals surface area contributed by atoms with E-state index in [0.717, 1.165) is 21.9 Å². The van der Waals surface area contributed by atoms with Crippen molar-refractivity contribution in [2.24, 2.45) is 5.92 Å². The first kappa shape index (κ1) is 11.8. The Kier molecular flexibility index (Phi) is 3.01. The summed E-state index contributed by atoms with van der Waals surface area (Å²) in [5, 5.41) is 2.23. The van der Waals surface area contributed by atoms with Gasteiger partial charge in [-0.2, -0.15) is 0 Å². The highest BCUT2D eigenvalue weighted by Gasteiger charge is 2.16. The molecule has 0 fully saturated rings. The summed E-state index contributed by atoms with van der Waals surface area (Å²) in [6.07, 6.45) is 0. The molecule has 2 rings (SSSR count). The highest BCUT2D eigenvalue weighted by molar-refractivity contribution is 6.10. The number of Topliss-reactive ketones (excluding diaryl/α,β-unsaturated/α-hetero) is 1. The average molecular weight is 226 g/mol. The Bertz CT molecular complexity index is 579. The quantitative estimate of drug-likeness (QED) is 0.698. The molecule has 0 aliphatic heterocycles. The van der Waals surface area contributed by atoms with Crippen LogP contribution in [-0.2, 0) is 0 Å². The van der Waals surface area contributed by atoms with Gasteiger partial charge in [0.2, 0.25) is 0 Å². The molecule has 17 heavy (non-hydrogen) atoms. The van der Waals surface area contributed by atoms with E-state index < -0.39 is 0 Å². The summed E-state index contributed by atoms with van der Waals surface area (Å²) in [5.41, 5.74) is 3.18. The van der Waals surface area contributed by atoms with Crippen molar-refractivity contribution in [3.63, 3.8) is 0 Å². The molecule has 0 aromatic heterocycles. The van der Waals surface area contributed by atoms with Gasteiger partial charge in [0.1, 0.15) is 0 Å². The largest absolute Gasteiger partial charge is 0.294 e. The fourth-order valence-corrected chi connectivity index (χ4v) is 2.17. The molecule has 2 aromatic carbocycles. The van der Waals surface area contributed by atoms with E-state index in [0.29, 0.717) is 0 Å². The fraction of sp³-hybridized carbons (Fsp3) is 0.312. The van der Waals surface area contributed by atoms with Crippen LogP contribution < -0.4 is 0 Å². The maximum Gasteiger partial charge on any atom is 0.166 e. The van der Waals surface area contributed by atoms with Crippen LogP contribution >= 0.6 is 0 Å². The number of aryl methyl sites for hydroxylation is 2. The molecule has 0 radical (unpaired) electrons. The van der Waals surface area contributed by atoms with Gasteiger partial charge in [0.25, 0.3) is 0 Å². The van der Waals surface area contributed by atoms with Crippen molar-refractivity contribution in [3.05, 3.63) is 47.0 Å². The Balaban J connectivity index is 2.76. The normalized spacial score (nSPS) is 11.1. The van der Waals surface area contributed by atoms with E-state index in [2.05, 4.69) is 31.2 Å². The molecule has 0 spiro atoms. The number of hydrogen-bond donors (Lipinski definition) is 0. The minimum atomic E-state index is 0.0422. The fourth-order valence-electron chi connectivity index (χ4n) is 2.17. The van der Waals surface area contributed by atoms with Crippen molar-refractivity contribution in [3.8, 4) is 0 Å². The van der Waals surface area contributed by atoms with E-state index in [1.165, 1.54) is 5.56 Å². The predicted octanol–water partition coefficient (Wildman–Crippen LogP) is 4.30. The van der Waals surface area contributed by atoms with E-state index in [9.17, 15) is 4.79 Å². The molecule has 0 unspecified atom stereocenters. The van der Waals surface area contributed by atoms with Crippen LogP contribution in [0.15, 0.2) is 30.3 Å². The van der Waals surface area contributed by atoms with Crippen LogP contribution in [0, 0.1) is 19.8 Å². The Morgan fingerprint density at radius 3 is 2.41 bits per heavy atom. The molecule has 1 nitrogen and oxygen atoms in total. The van der Waals surface area contributed by atoms with Crippen molar-refractivity contribution in [2.45, 2.75) is 27.7 Å². The lowest BCUT2D eigenvalue weighted by atomic mass is 9.91. The number of benzene rings is 2. The van der Waals surface area contributed by atoms with Gasteiger partial charge in [0.05, 0.1) is 0 Å². The van der Waals surface area contributed by atoms with Crippen LogP contribution in [0.3, 0.4) is 0 Å². The summed E-state index contributed by atoms with van der Waals surface area (Å²) in [5.74, 6) is 0.276. The first-order chi connectivity index (χ1) is 8.00. The zero-order valence-corrected chi connectivity index (χ0v) is 10.9. The average Bonchev–Trinajstić information content (AvgIpc) is 2.28. The number of carbonyl (C=O) groups excluding carboxylic acids is 1. The van der Waals surface area contributed by atoms with Gasteiger partial charge in [-0.25, -0.2) is 0 Å². The second kappa shape index (κ2) is 4.33.